The topological polar surface area (TPSA) is 42.0 Å². The Labute approximate surface area is 96.1 Å². The predicted molar refractivity (Wildman–Crippen MR) is 61.8 cm³/mol. The van der Waals surface area contributed by atoms with Gasteiger partial charge in [0.05, 0.1) is 5.69 Å². The van der Waals surface area contributed by atoms with Crippen LogP contribution in [0.4, 0.5) is 0 Å². The molecule has 14 heavy (non-hydrogen) atoms. The molecule has 5 heteroatoms. The van der Waals surface area contributed by atoms with Crippen molar-refractivity contribution in [3.8, 4) is 0 Å². The minimum atomic E-state index is -0.208. The van der Waals surface area contributed by atoms with Gasteiger partial charge in [-0.3, -0.25) is 4.79 Å². The van der Waals surface area contributed by atoms with Crippen LogP contribution in [0.5, 0.6) is 0 Å². The summed E-state index contributed by atoms with van der Waals surface area (Å²) in [6.07, 6.45) is 0. The Kier molecular flexibility index (Phi) is 3.32. The minimum absolute atomic E-state index is 0.0572. The van der Waals surface area contributed by atoms with Crippen molar-refractivity contribution in [1.29, 1.82) is 0 Å². The highest BCUT2D eigenvalue weighted by atomic mass is 79.9. The Morgan fingerprint density at radius 2 is 2.07 bits per heavy atom. The maximum Gasteiger partial charge on any atom is 0.263 e. The first-order valence-corrected chi connectivity index (χ1v) is 5.86. The van der Waals surface area contributed by atoms with E-state index in [1.807, 2.05) is 27.7 Å². The molecule has 0 radical (unpaired) electrons. The molecule has 0 aliphatic carbocycles. The number of carbonyl (C=O) groups is 1. The molecule has 0 aliphatic rings. The molecule has 0 saturated heterocycles. The van der Waals surface area contributed by atoms with E-state index < -0.39 is 0 Å². The second-order valence-corrected chi connectivity index (χ2v) is 6.36. The lowest BCUT2D eigenvalue weighted by Crippen LogP contribution is -2.40. The van der Waals surface area contributed by atoms with E-state index in [9.17, 15) is 4.79 Å². The quantitative estimate of drug-likeness (QED) is 0.857. The van der Waals surface area contributed by atoms with Crippen molar-refractivity contribution >= 4 is 33.2 Å². The van der Waals surface area contributed by atoms with E-state index in [0.29, 0.717) is 4.88 Å². The van der Waals surface area contributed by atoms with Gasteiger partial charge in [-0.25, -0.2) is 4.98 Å². The maximum absolute atomic E-state index is 11.7. The molecular weight excluding hydrogens is 264 g/mol. The van der Waals surface area contributed by atoms with Gasteiger partial charge in [-0.05, 0) is 43.6 Å². The van der Waals surface area contributed by atoms with Crippen LogP contribution in [0.2, 0.25) is 0 Å². The normalized spacial score (nSPS) is 11.5. The number of thiazole rings is 1. The third-order valence-electron chi connectivity index (χ3n) is 1.47. The minimum Gasteiger partial charge on any atom is -0.347 e. The van der Waals surface area contributed by atoms with Crippen LogP contribution in [-0.4, -0.2) is 16.4 Å². The lowest BCUT2D eigenvalue weighted by Gasteiger charge is -2.19. The maximum atomic E-state index is 11.7. The van der Waals surface area contributed by atoms with E-state index in [0.717, 1.165) is 9.61 Å². The van der Waals surface area contributed by atoms with E-state index in [1.54, 1.807) is 0 Å². The van der Waals surface area contributed by atoms with Crippen molar-refractivity contribution in [2.45, 2.75) is 33.2 Å². The van der Waals surface area contributed by atoms with Crippen molar-refractivity contribution < 1.29 is 4.79 Å². The number of hydrogen-bond donors (Lipinski definition) is 1. The lowest BCUT2D eigenvalue weighted by atomic mass is 10.1. The average molecular weight is 277 g/mol. The predicted octanol–water partition coefficient (Wildman–Crippen LogP) is 2.74. The molecule has 0 saturated carbocycles. The number of amides is 1. The summed E-state index contributed by atoms with van der Waals surface area (Å²) in [4.78, 5) is 16.5. The van der Waals surface area contributed by atoms with E-state index in [1.165, 1.54) is 11.3 Å². The summed E-state index contributed by atoms with van der Waals surface area (Å²) >= 11 is 4.61. The molecule has 0 atom stereocenters. The molecule has 1 heterocycles. The monoisotopic (exact) mass is 276 g/mol. The Morgan fingerprint density at radius 3 is 2.43 bits per heavy atom. The van der Waals surface area contributed by atoms with Gasteiger partial charge in [-0.1, -0.05) is 0 Å². The second kappa shape index (κ2) is 3.98. The molecule has 1 rings (SSSR count). The lowest BCUT2D eigenvalue weighted by molar-refractivity contribution is 0.0923. The van der Waals surface area contributed by atoms with Gasteiger partial charge in [0.1, 0.15) is 4.88 Å². The van der Waals surface area contributed by atoms with Crippen LogP contribution >= 0.6 is 27.3 Å². The number of rotatable bonds is 1. The Bertz CT molecular complexity index is 354. The van der Waals surface area contributed by atoms with Crippen molar-refractivity contribution in [2.75, 3.05) is 0 Å². The summed E-state index contributed by atoms with van der Waals surface area (Å²) < 4.78 is 0.744. The summed E-state index contributed by atoms with van der Waals surface area (Å²) in [6.45, 7) is 7.70. The number of aryl methyl sites for hydroxylation is 1. The van der Waals surface area contributed by atoms with E-state index in [-0.39, 0.29) is 11.4 Å². The van der Waals surface area contributed by atoms with Gasteiger partial charge in [0.15, 0.2) is 3.92 Å². The smallest absolute Gasteiger partial charge is 0.263 e. The highest BCUT2D eigenvalue weighted by Gasteiger charge is 2.19. The molecule has 1 amide bonds. The molecular formula is C9H13BrN2OS. The van der Waals surface area contributed by atoms with Crippen LogP contribution in [0, 0.1) is 6.92 Å². The number of halogens is 1. The van der Waals surface area contributed by atoms with Crippen LogP contribution in [0.1, 0.15) is 36.1 Å². The van der Waals surface area contributed by atoms with E-state index >= 15 is 0 Å². The molecule has 0 aliphatic heterocycles. The van der Waals surface area contributed by atoms with E-state index in [4.69, 9.17) is 0 Å². The first-order chi connectivity index (χ1) is 6.29. The summed E-state index contributed by atoms with van der Waals surface area (Å²) in [5, 5.41) is 2.90. The molecule has 0 unspecified atom stereocenters. The van der Waals surface area contributed by atoms with Gasteiger partial charge in [0.25, 0.3) is 5.91 Å². The molecule has 1 aromatic rings. The molecule has 0 fully saturated rings. The first-order valence-electron chi connectivity index (χ1n) is 4.25. The summed E-state index contributed by atoms with van der Waals surface area (Å²) in [5.41, 5.74) is 0.559. The second-order valence-electron chi connectivity index (χ2n) is 4.09. The van der Waals surface area contributed by atoms with Gasteiger partial charge in [-0.15, -0.1) is 11.3 Å². The first kappa shape index (κ1) is 11.7. The zero-order valence-corrected chi connectivity index (χ0v) is 11.0. The van der Waals surface area contributed by atoms with Crippen molar-refractivity contribution in [2.24, 2.45) is 0 Å². The van der Waals surface area contributed by atoms with E-state index in [2.05, 4.69) is 26.2 Å². The highest BCUT2D eigenvalue weighted by molar-refractivity contribution is 9.11. The van der Waals surface area contributed by atoms with Crippen LogP contribution in [0.15, 0.2) is 3.92 Å². The fraction of sp³-hybridized carbons (Fsp3) is 0.556. The fourth-order valence-corrected chi connectivity index (χ4v) is 2.41. The number of nitrogens with one attached hydrogen (secondary N) is 1. The van der Waals surface area contributed by atoms with Gasteiger partial charge >= 0.3 is 0 Å². The fourth-order valence-electron chi connectivity index (χ4n) is 0.972. The Morgan fingerprint density at radius 1 is 1.50 bits per heavy atom. The number of aromatic nitrogens is 1. The van der Waals surface area contributed by atoms with Crippen LogP contribution in [0.25, 0.3) is 0 Å². The van der Waals surface area contributed by atoms with Crippen molar-refractivity contribution in [3.63, 3.8) is 0 Å². The van der Waals surface area contributed by atoms with Crippen LogP contribution < -0.4 is 5.32 Å². The van der Waals surface area contributed by atoms with Crippen molar-refractivity contribution in [3.05, 3.63) is 14.5 Å². The van der Waals surface area contributed by atoms with Crippen LogP contribution in [-0.2, 0) is 0 Å². The molecule has 1 aromatic heterocycles. The summed E-state index contributed by atoms with van der Waals surface area (Å²) in [7, 11) is 0. The Balaban J connectivity index is 2.85. The van der Waals surface area contributed by atoms with Crippen molar-refractivity contribution in [1.82, 2.24) is 10.3 Å². The van der Waals surface area contributed by atoms with Gasteiger partial charge in [0, 0.05) is 5.54 Å². The molecule has 3 nitrogen and oxygen atoms in total. The molecule has 0 aromatic carbocycles. The van der Waals surface area contributed by atoms with Gasteiger partial charge in [0.2, 0.25) is 0 Å². The molecule has 78 valence electrons. The number of carbonyl (C=O) groups excluding carboxylic acids is 1. The highest BCUT2D eigenvalue weighted by Crippen LogP contribution is 2.22. The number of hydrogen-bond acceptors (Lipinski definition) is 3. The standard InChI is InChI=1S/C9H13BrN2OS/c1-5-6(14-8(10)11-5)7(13)12-9(2,3)4/h1-4H3,(H,12,13). The van der Waals surface area contributed by atoms with Crippen LogP contribution in [0.3, 0.4) is 0 Å². The third kappa shape index (κ3) is 3.06. The molecule has 1 N–H and O–H groups in total. The SMILES string of the molecule is Cc1nc(Br)sc1C(=O)NC(C)(C)C. The largest absolute Gasteiger partial charge is 0.347 e. The zero-order valence-electron chi connectivity index (χ0n) is 8.64. The molecule has 0 bridgehead atoms. The summed E-state index contributed by atoms with van der Waals surface area (Å²) in [5.74, 6) is -0.0572. The average Bonchev–Trinajstić information content (AvgIpc) is 2.26. The van der Waals surface area contributed by atoms with Gasteiger partial charge < -0.3 is 5.32 Å². The third-order valence-corrected chi connectivity index (χ3v) is 3.07. The Hall–Kier alpha value is -0.420. The summed E-state index contributed by atoms with van der Waals surface area (Å²) in [6, 6.07) is 0. The van der Waals surface area contributed by atoms with Gasteiger partial charge in [-0.2, -0.15) is 0 Å². The molecule has 0 spiro atoms. The number of nitrogens with zero attached hydrogens (tertiary/aromatic N) is 1. The zero-order chi connectivity index (χ0) is 10.9.